The van der Waals surface area contributed by atoms with E-state index in [0.717, 1.165) is 29.3 Å². The number of amides is 1. The van der Waals surface area contributed by atoms with Crippen molar-refractivity contribution in [2.24, 2.45) is 17.6 Å². The lowest BCUT2D eigenvalue weighted by molar-refractivity contribution is -0.143. The maximum Gasteiger partial charge on any atom is 0.434 e. The van der Waals surface area contributed by atoms with Crippen molar-refractivity contribution >= 4 is 18.3 Å². The third kappa shape index (κ3) is 3.51. The summed E-state index contributed by atoms with van der Waals surface area (Å²) in [4.78, 5) is 14.4. The SMILES string of the molecule is Cc1ccc(-n2ncc(C(=O)N3CC4CCC(N)C4C3)c2C(F)(F)F)cc1.Cl. The van der Waals surface area contributed by atoms with Crippen LogP contribution in [0.2, 0.25) is 0 Å². The largest absolute Gasteiger partial charge is 0.434 e. The topological polar surface area (TPSA) is 64.2 Å². The molecule has 3 atom stereocenters. The summed E-state index contributed by atoms with van der Waals surface area (Å²) in [7, 11) is 0. The van der Waals surface area contributed by atoms with E-state index in [4.69, 9.17) is 5.73 Å². The fourth-order valence-corrected chi connectivity index (χ4v) is 4.30. The van der Waals surface area contributed by atoms with Gasteiger partial charge in [-0.05, 0) is 43.7 Å². The second-order valence-corrected chi connectivity index (χ2v) is 7.53. The zero-order valence-electron chi connectivity index (χ0n) is 15.3. The molecule has 1 aliphatic heterocycles. The van der Waals surface area contributed by atoms with Gasteiger partial charge in [-0.3, -0.25) is 4.79 Å². The fourth-order valence-electron chi connectivity index (χ4n) is 4.30. The number of alkyl halides is 3. The van der Waals surface area contributed by atoms with Crippen molar-refractivity contribution in [3.05, 3.63) is 47.3 Å². The Hall–Kier alpha value is -2.06. The number of nitrogens with zero attached hydrogens (tertiary/aromatic N) is 3. The summed E-state index contributed by atoms with van der Waals surface area (Å²) in [6.07, 6.45) is -1.84. The van der Waals surface area contributed by atoms with E-state index in [0.29, 0.717) is 13.1 Å². The highest BCUT2D eigenvalue weighted by atomic mass is 35.5. The first-order chi connectivity index (χ1) is 12.8. The number of benzene rings is 1. The van der Waals surface area contributed by atoms with Gasteiger partial charge in [-0.25, -0.2) is 4.68 Å². The first-order valence-corrected chi connectivity index (χ1v) is 9.03. The summed E-state index contributed by atoms with van der Waals surface area (Å²) in [6.45, 7) is 2.73. The minimum Gasteiger partial charge on any atom is -0.338 e. The van der Waals surface area contributed by atoms with Crippen LogP contribution in [0.1, 0.15) is 34.5 Å². The van der Waals surface area contributed by atoms with Crippen molar-refractivity contribution < 1.29 is 18.0 Å². The van der Waals surface area contributed by atoms with Crippen molar-refractivity contribution in [3.63, 3.8) is 0 Å². The number of halogens is 4. The number of fused-ring (bicyclic) bond motifs is 1. The summed E-state index contributed by atoms with van der Waals surface area (Å²) in [5, 5.41) is 3.89. The number of aromatic nitrogens is 2. The fraction of sp³-hybridized carbons (Fsp3) is 0.474. The van der Waals surface area contributed by atoms with Gasteiger partial charge in [0.25, 0.3) is 5.91 Å². The van der Waals surface area contributed by atoms with E-state index in [1.54, 1.807) is 24.3 Å². The highest BCUT2D eigenvalue weighted by molar-refractivity contribution is 5.95. The van der Waals surface area contributed by atoms with Crippen molar-refractivity contribution in [1.82, 2.24) is 14.7 Å². The van der Waals surface area contributed by atoms with Gasteiger partial charge in [-0.1, -0.05) is 17.7 Å². The highest BCUT2D eigenvalue weighted by Crippen LogP contribution is 2.39. The van der Waals surface area contributed by atoms with Gasteiger partial charge in [0.05, 0.1) is 17.4 Å². The number of hydrogen-bond donors (Lipinski definition) is 1. The van der Waals surface area contributed by atoms with Crippen LogP contribution in [0.4, 0.5) is 13.2 Å². The van der Waals surface area contributed by atoms with Crippen molar-refractivity contribution in [2.75, 3.05) is 13.1 Å². The molecular formula is C19H22ClF3N4O. The van der Waals surface area contributed by atoms with Crippen LogP contribution in [0.3, 0.4) is 0 Å². The molecule has 1 aliphatic carbocycles. The lowest BCUT2D eigenvalue weighted by atomic mass is 9.98. The third-order valence-electron chi connectivity index (χ3n) is 5.75. The minimum atomic E-state index is -4.70. The van der Waals surface area contributed by atoms with Crippen LogP contribution >= 0.6 is 12.4 Å². The molecule has 0 bridgehead atoms. The van der Waals surface area contributed by atoms with E-state index in [9.17, 15) is 18.0 Å². The number of likely N-dealkylation sites (tertiary alicyclic amines) is 1. The van der Waals surface area contributed by atoms with Crippen LogP contribution in [0.15, 0.2) is 30.5 Å². The Bertz CT molecular complexity index is 865. The highest BCUT2D eigenvalue weighted by Gasteiger charge is 2.46. The molecule has 152 valence electrons. The molecule has 4 rings (SSSR count). The molecule has 5 nitrogen and oxygen atoms in total. The molecule has 2 N–H and O–H groups in total. The van der Waals surface area contributed by atoms with Crippen LogP contribution in [0.5, 0.6) is 0 Å². The van der Waals surface area contributed by atoms with Crippen molar-refractivity contribution in [3.8, 4) is 5.69 Å². The molecule has 1 saturated carbocycles. The Labute approximate surface area is 167 Å². The van der Waals surface area contributed by atoms with E-state index in [1.165, 1.54) is 4.90 Å². The van der Waals surface area contributed by atoms with Gasteiger partial charge in [0, 0.05) is 19.1 Å². The van der Waals surface area contributed by atoms with Crippen LogP contribution in [-0.4, -0.2) is 39.7 Å². The lowest BCUT2D eigenvalue weighted by Gasteiger charge is -2.20. The van der Waals surface area contributed by atoms with E-state index in [2.05, 4.69) is 5.10 Å². The quantitative estimate of drug-likeness (QED) is 0.818. The molecule has 2 aromatic rings. The zero-order valence-corrected chi connectivity index (χ0v) is 16.1. The minimum absolute atomic E-state index is 0. The average Bonchev–Trinajstić information content (AvgIpc) is 3.30. The second-order valence-electron chi connectivity index (χ2n) is 7.53. The number of rotatable bonds is 2. The smallest absolute Gasteiger partial charge is 0.338 e. The first kappa shape index (κ1) is 20.7. The van der Waals surface area contributed by atoms with Crippen LogP contribution < -0.4 is 5.73 Å². The van der Waals surface area contributed by atoms with Crippen LogP contribution in [-0.2, 0) is 6.18 Å². The molecule has 2 fully saturated rings. The summed E-state index contributed by atoms with van der Waals surface area (Å²) in [6, 6.07) is 6.56. The molecule has 9 heteroatoms. The molecule has 2 heterocycles. The predicted octanol–water partition coefficient (Wildman–Crippen LogP) is 3.43. The maximum absolute atomic E-state index is 13.8. The van der Waals surface area contributed by atoms with Gasteiger partial charge in [-0.15, -0.1) is 12.4 Å². The zero-order chi connectivity index (χ0) is 19.3. The molecule has 1 aromatic carbocycles. The summed E-state index contributed by atoms with van der Waals surface area (Å²) in [5.74, 6) is -0.164. The molecular weight excluding hydrogens is 393 g/mol. The second kappa shape index (κ2) is 7.40. The average molecular weight is 415 g/mol. The summed E-state index contributed by atoms with van der Waals surface area (Å²) < 4.78 is 42.2. The molecule has 1 aromatic heterocycles. The Morgan fingerprint density at radius 3 is 2.46 bits per heavy atom. The number of nitrogens with two attached hydrogens (primary N) is 1. The molecule has 1 amide bonds. The first-order valence-electron chi connectivity index (χ1n) is 9.03. The normalized spacial score (nSPS) is 24.2. The Morgan fingerprint density at radius 2 is 1.86 bits per heavy atom. The molecule has 0 radical (unpaired) electrons. The Kier molecular flexibility index (Phi) is 5.46. The predicted molar refractivity (Wildman–Crippen MR) is 101 cm³/mol. The van der Waals surface area contributed by atoms with Crippen molar-refractivity contribution in [2.45, 2.75) is 32.0 Å². The van der Waals surface area contributed by atoms with Crippen molar-refractivity contribution in [1.29, 1.82) is 0 Å². The monoisotopic (exact) mass is 414 g/mol. The van der Waals surface area contributed by atoms with Crippen LogP contribution in [0, 0.1) is 18.8 Å². The van der Waals surface area contributed by atoms with Gasteiger partial charge in [-0.2, -0.15) is 18.3 Å². The van der Waals surface area contributed by atoms with E-state index < -0.39 is 23.3 Å². The number of carbonyl (C=O) groups excluding carboxylic acids is 1. The van der Waals surface area contributed by atoms with Gasteiger partial charge in [0.2, 0.25) is 0 Å². The standard InChI is InChI=1S/C19H21F3N4O.ClH/c1-11-2-5-13(6-3-11)26-17(19(20,21)22)14(8-24-26)18(27)25-9-12-4-7-16(23)15(12)10-25;/h2-3,5-6,8,12,15-16H,4,7,9-10,23H2,1H3;1H. The van der Waals surface area contributed by atoms with Gasteiger partial charge < -0.3 is 10.6 Å². The number of hydrogen-bond acceptors (Lipinski definition) is 3. The number of carbonyl (C=O) groups is 1. The van der Waals surface area contributed by atoms with Gasteiger partial charge in [0.15, 0.2) is 5.69 Å². The van der Waals surface area contributed by atoms with E-state index in [-0.39, 0.29) is 36.0 Å². The Balaban J connectivity index is 0.00000225. The Morgan fingerprint density at radius 1 is 1.18 bits per heavy atom. The molecule has 3 unspecified atom stereocenters. The molecule has 1 saturated heterocycles. The van der Waals surface area contributed by atoms with Crippen LogP contribution in [0.25, 0.3) is 5.69 Å². The van der Waals surface area contributed by atoms with Gasteiger partial charge in [0.1, 0.15) is 0 Å². The van der Waals surface area contributed by atoms with Gasteiger partial charge >= 0.3 is 6.18 Å². The number of aryl methyl sites for hydroxylation is 1. The lowest BCUT2D eigenvalue weighted by Crippen LogP contribution is -2.34. The van der Waals surface area contributed by atoms with E-state index >= 15 is 0 Å². The van der Waals surface area contributed by atoms with E-state index in [1.807, 2.05) is 6.92 Å². The summed E-state index contributed by atoms with van der Waals surface area (Å²) >= 11 is 0. The maximum atomic E-state index is 13.8. The summed E-state index contributed by atoms with van der Waals surface area (Å²) in [5.41, 5.74) is 5.84. The molecule has 2 aliphatic rings. The molecule has 0 spiro atoms. The molecule has 28 heavy (non-hydrogen) atoms. The third-order valence-corrected chi connectivity index (χ3v) is 5.75.